The van der Waals surface area contributed by atoms with Crippen LogP contribution in [0.15, 0.2) is 10.3 Å². The number of rotatable bonds is 4. The Kier molecular flexibility index (Phi) is 6.30. The fraction of sp³-hybridized carbons (Fsp3) is 0.556. The highest BCUT2D eigenvalue weighted by molar-refractivity contribution is 6.66. The summed E-state index contributed by atoms with van der Waals surface area (Å²) in [6, 6.07) is 0. The van der Waals surface area contributed by atoms with Crippen LogP contribution in [0.5, 0.6) is 0 Å². The van der Waals surface area contributed by atoms with Crippen molar-refractivity contribution in [3.63, 3.8) is 0 Å². The van der Waals surface area contributed by atoms with Crippen molar-refractivity contribution in [1.29, 1.82) is 0 Å². The molecule has 0 unspecified atom stereocenters. The molecule has 0 radical (unpaired) electrons. The van der Waals surface area contributed by atoms with E-state index in [0.717, 1.165) is 0 Å². The van der Waals surface area contributed by atoms with Crippen LogP contribution in [0.4, 0.5) is 4.79 Å². The summed E-state index contributed by atoms with van der Waals surface area (Å²) >= 11 is 0. The van der Waals surface area contributed by atoms with Crippen molar-refractivity contribution in [1.82, 2.24) is 10.2 Å². The molecule has 0 aromatic carbocycles. The van der Waals surface area contributed by atoms with E-state index in [-0.39, 0.29) is 11.4 Å². The lowest BCUT2D eigenvalue weighted by molar-refractivity contribution is -0.121. The molecule has 0 bridgehead atoms. The summed E-state index contributed by atoms with van der Waals surface area (Å²) < 4.78 is 0. The number of oxime groups is 2. The Labute approximate surface area is 99.2 Å². The molecule has 0 aromatic heterocycles. The fourth-order valence-corrected chi connectivity index (χ4v) is 0.785. The maximum atomic E-state index is 11.7. The van der Waals surface area contributed by atoms with E-state index in [2.05, 4.69) is 25.3 Å². The zero-order valence-corrected chi connectivity index (χ0v) is 10.5. The molecule has 96 valence electrons. The molecule has 0 rings (SSSR count). The minimum atomic E-state index is -0.778. The number of nitrogens with zero attached hydrogens (tertiary/aromatic N) is 3. The van der Waals surface area contributed by atoms with Crippen molar-refractivity contribution in [2.45, 2.75) is 6.92 Å². The molecule has 0 aliphatic rings. The molecule has 0 atom stereocenters. The first-order valence-electron chi connectivity index (χ1n) is 4.70. The van der Waals surface area contributed by atoms with Crippen molar-refractivity contribution in [3.8, 4) is 0 Å². The molecule has 1 N–H and O–H groups in total. The number of amides is 2. The smallest absolute Gasteiger partial charge is 0.399 e. The standard InChI is InChI=1S/C9H16N4O4/c1-6(11-16-5)7(8(14)13(3)4)12-17-9(15)10-2/h1-5H3,(H,10,15)/b11-6+,12-7-. The second kappa shape index (κ2) is 7.20. The van der Waals surface area contributed by atoms with Crippen LogP contribution >= 0.6 is 0 Å². The minimum absolute atomic E-state index is 0.111. The fourth-order valence-electron chi connectivity index (χ4n) is 0.785. The topological polar surface area (TPSA) is 92.6 Å². The van der Waals surface area contributed by atoms with Crippen molar-refractivity contribution in [3.05, 3.63) is 0 Å². The molecule has 8 nitrogen and oxygen atoms in total. The maximum Gasteiger partial charge on any atom is 0.433 e. The van der Waals surface area contributed by atoms with E-state index in [0.29, 0.717) is 0 Å². The third-order valence-corrected chi connectivity index (χ3v) is 1.60. The normalized spacial score (nSPS) is 11.8. The molecular formula is C9H16N4O4. The van der Waals surface area contributed by atoms with Gasteiger partial charge in [-0.25, -0.2) is 4.79 Å². The molecule has 0 saturated heterocycles. The van der Waals surface area contributed by atoms with Gasteiger partial charge in [-0.15, -0.1) is 0 Å². The van der Waals surface area contributed by atoms with Gasteiger partial charge in [-0.1, -0.05) is 10.3 Å². The van der Waals surface area contributed by atoms with Gasteiger partial charge in [0.2, 0.25) is 0 Å². The Morgan fingerprint density at radius 1 is 1.24 bits per heavy atom. The molecule has 17 heavy (non-hydrogen) atoms. The van der Waals surface area contributed by atoms with Crippen LogP contribution in [-0.2, 0) is 14.5 Å². The summed E-state index contributed by atoms with van der Waals surface area (Å²) in [5.74, 6) is -0.452. The summed E-state index contributed by atoms with van der Waals surface area (Å²) in [5.41, 5.74) is 0.0931. The largest absolute Gasteiger partial charge is 0.433 e. The number of carbonyl (C=O) groups excluding carboxylic acids is 2. The SMILES string of the molecule is CNC(=O)O/N=C(C(=O)N(C)C)/C(C)=N/OC. The predicted octanol–water partition coefficient (Wildman–Crippen LogP) is -0.191. The quantitative estimate of drug-likeness (QED) is 0.421. The van der Waals surface area contributed by atoms with Crippen molar-refractivity contribution in [2.24, 2.45) is 10.3 Å². The molecule has 0 aromatic rings. The second-order valence-electron chi connectivity index (χ2n) is 3.13. The van der Waals surface area contributed by atoms with Crippen LogP contribution in [0.2, 0.25) is 0 Å². The molecule has 0 aliphatic heterocycles. The van der Waals surface area contributed by atoms with Crippen LogP contribution in [0.1, 0.15) is 6.92 Å². The summed E-state index contributed by atoms with van der Waals surface area (Å²) in [5, 5.41) is 9.19. The van der Waals surface area contributed by atoms with Gasteiger partial charge in [0.15, 0.2) is 5.71 Å². The van der Waals surface area contributed by atoms with Gasteiger partial charge in [0.25, 0.3) is 5.91 Å². The Hall–Kier alpha value is -2.12. The van der Waals surface area contributed by atoms with Crippen molar-refractivity contribution < 1.29 is 19.3 Å². The summed E-state index contributed by atoms with van der Waals surface area (Å²) in [6.07, 6.45) is -0.778. The van der Waals surface area contributed by atoms with Crippen LogP contribution in [0.25, 0.3) is 0 Å². The molecule has 8 heteroatoms. The lowest BCUT2D eigenvalue weighted by Gasteiger charge is -2.11. The van der Waals surface area contributed by atoms with Crippen LogP contribution in [0.3, 0.4) is 0 Å². The summed E-state index contributed by atoms with van der Waals surface area (Å²) in [6.45, 7) is 1.51. The van der Waals surface area contributed by atoms with Gasteiger partial charge < -0.3 is 15.1 Å². The van der Waals surface area contributed by atoms with Gasteiger partial charge in [0.05, 0.1) is 0 Å². The first-order chi connectivity index (χ1) is 7.93. The van der Waals surface area contributed by atoms with E-state index in [1.807, 2.05) is 0 Å². The molecular weight excluding hydrogens is 228 g/mol. The monoisotopic (exact) mass is 244 g/mol. The first-order valence-corrected chi connectivity index (χ1v) is 4.70. The summed E-state index contributed by atoms with van der Waals surface area (Å²) in [4.78, 5) is 32.8. The zero-order chi connectivity index (χ0) is 13.4. The average Bonchev–Trinajstić information content (AvgIpc) is 2.28. The lowest BCUT2D eigenvalue weighted by Crippen LogP contribution is -2.35. The third-order valence-electron chi connectivity index (χ3n) is 1.60. The van der Waals surface area contributed by atoms with Gasteiger partial charge in [0, 0.05) is 21.1 Å². The zero-order valence-electron chi connectivity index (χ0n) is 10.5. The van der Waals surface area contributed by atoms with Gasteiger partial charge >= 0.3 is 6.09 Å². The van der Waals surface area contributed by atoms with E-state index in [1.54, 1.807) is 0 Å². The van der Waals surface area contributed by atoms with Gasteiger partial charge in [-0.3, -0.25) is 9.63 Å². The highest BCUT2D eigenvalue weighted by atomic mass is 16.7. The third kappa shape index (κ3) is 4.96. The van der Waals surface area contributed by atoms with Gasteiger partial charge in [-0.2, -0.15) is 0 Å². The maximum absolute atomic E-state index is 11.7. The van der Waals surface area contributed by atoms with E-state index >= 15 is 0 Å². The molecule has 0 aliphatic carbocycles. The number of hydrogen-bond donors (Lipinski definition) is 1. The highest BCUT2D eigenvalue weighted by Gasteiger charge is 2.19. The number of nitrogens with one attached hydrogen (secondary N) is 1. The number of hydrogen-bond acceptors (Lipinski definition) is 6. The molecule has 0 fully saturated rings. The van der Waals surface area contributed by atoms with E-state index < -0.39 is 12.0 Å². The lowest BCUT2D eigenvalue weighted by atomic mass is 10.2. The molecule has 0 saturated carbocycles. The number of carbonyl (C=O) groups is 2. The predicted molar refractivity (Wildman–Crippen MR) is 61.8 cm³/mol. The van der Waals surface area contributed by atoms with Crippen molar-refractivity contribution in [2.75, 3.05) is 28.3 Å². The van der Waals surface area contributed by atoms with Crippen LogP contribution in [-0.4, -0.2) is 56.6 Å². The Balaban J connectivity index is 5.04. The van der Waals surface area contributed by atoms with E-state index in [9.17, 15) is 9.59 Å². The molecule has 2 amide bonds. The molecule has 0 heterocycles. The van der Waals surface area contributed by atoms with E-state index in [1.165, 1.54) is 40.1 Å². The van der Waals surface area contributed by atoms with Crippen LogP contribution < -0.4 is 5.32 Å². The van der Waals surface area contributed by atoms with Gasteiger partial charge in [-0.05, 0) is 6.92 Å². The highest BCUT2D eigenvalue weighted by Crippen LogP contribution is 1.94. The van der Waals surface area contributed by atoms with Gasteiger partial charge in [0.1, 0.15) is 12.8 Å². The average molecular weight is 244 g/mol. The molecule has 0 spiro atoms. The van der Waals surface area contributed by atoms with E-state index in [4.69, 9.17) is 0 Å². The Morgan fingerprint density at radius 3 is 2.24 bits per heavy atom. The minimum Gasteiger partial charge on any atom is -0.399 e. The second-order valence-corrected chi connectivity index (χ2v) is 3.13. The Morgan fingerprint density at radius 2 is 1.82 bits per heavy atom. The Bertz CT molecular complexity index is 349. The van der Waals surface area contributed by atoms with Crippen LogP contribution in [0, 0.1) is 0 Å². The first kappa shape index (κ1) is 14.9. The summed E-state index contributed by atoms with van der Waals surface area (Å²) in [7, 11) is 5.79. The van der Waals surface area contributed by atoms with Crippen molar-refractivity contribution >= 4 is 23.4 Å².